The van der Waals surface area contributed by atoms with E-state index in [9.17, 15) is 8.42 Å². The number of aromatic nitrogens is 2. The Labute approximate surface area is 120 Å². The van der Waals surface area contributed by atoms with Gasteiger partial charge in [0.15, 0.2) is 15.8 Å². The second kappa shape index (κ2) is 5.70. The molecule has 0 aliphatic rings. The molecule has 0 bridgehead atoms. The summed E-state index contributed by atoms with van der Waals surface area (Å²) in [5.41, 5.74) is 5.69. The average molecular weight is 320 g/mol. The van der Waals surface area contributed by atoms with Crippen molar-refractivity contribution in [3.8, 4) is 0 Å². The van der Waals surface area contributed by atoms with Crippen molar-refractivity contribution in [2.75, 3.05) is 18.5 Å². The Morgan fingerprint density at radius 2 is 2.37 bits per heavy atom. The van der Waals surface area contributed by atoms with Crippen LogP contribution in [0.4, 0.5) is 5.82 Å². The van der Waals surface area contributed by atoms with Crippen LogP contribution in [0.3, 0.4) is 0 Å². The number of rotatable bonds is 6. The summed E-state index contributed by atoms with van der Waals surface area (Å²) >= 11 is 3.05. The standard InChI is InChI=1S/C10H16N4O2S3/c1-7(17-2)3-4-12-19(15,16)9-8(11)13-10-14(9)5-6-18-10/h5-7,12H,3-4,11H2,1-2H3. The third kappa shape index (κ3) is 3.04. The predicted octanol–water partition coefficient (Wildman–Crippen LogP) is 1.40. The molecular weight excluding hydrogens is 304 g/mol. The summed E-state index contributed by atoms with van der Waals surface area (Å²) in [4.78, 5) is 4.61. The van der Waals surface area contributed by atoms with Crippen molar-refractivity contribution in [2.24, 2.45) is 0 Å². The average Bonchev–Trinajstić information content (AvgIpc) is 2.87. The van der Waals surface area contributed by atoms with Gasteiger partial charge in [-0.25, -0.2) is 18.1 Å². The highest BCUT2D eigenvalue weighted by molar-refractivity contribution is 7.99. The number of hydrogen-bond donors (Lipinski definition) is 2. The first-order valence-corrected chi connectivity index (χ1v) is 9.34. The molecular formula is C10H16N4O2S3. The number of imidazole rings is 1. The molecule has 2 aromatic heterocycles. The molecule has 2 heterocycles. The SMILES string of the molecule is CSC(C)CCNS(=O)(=O)c1c(N)nc2sccn12. The quantitative estimate of drug-likeness (QED) is 0.839. The first-order valence-electron chi connectivity index (χ1n) is 5.69. The van der Waals surface area contributed by atoms with Gasteiger partial charge in [0.2, 0.25) is 0 Å². The van der Waals surface area contributed by atoms with Crippen molar-refractivity contribution in [1.82, 2.24) is 14.1 Å². The maximum absolute atomic E-state index is 12.2. The Hall–Kier alpha value is -0.770. The zero-order valence-corrected chi connectivity index (χ0v) is 13.1. The predicted molar refractivity (Wildman–Crippen MR) is 80.3 cm³/mol. The fourth-order valence-corrected chi connectivity index (χ4v) is 4.01. The molecule has 0 saturated heterocycles. The molecule has 0 aliphatic heterocycles. The lowest BCUT2D eigenvalue weighted by Gasteiger charge is -2.09. The van der Waals surface area contributed by atoms with E-state index in [-0.39, 0.29) is 10.8 Å². The van der Waals surface area contributed by atoms with Gasteiger partial charge in [-0.1, -0.05) is 6.92 Å². The first kappa shape index (κ1) is 14.6. The van der Waals surface area contributed by atoms with Crippen molar-refractivity contribution < 1.29 is 8.42 Å². The van der Waals surface area contributed by atoms with E-state index in [1.807, 2.05) is 6.26 Å². The molecule has 0 amide bonds. The third-order valence-corrected chi connectivity index (χ3v) is 6.04. The second-order valence-corrected chi connectivity index (χ2v) is 7.92. The molecule has 1 unspecified atom stereocenters. The molecule has 0 radical (unpaired) electrons. The molecule has 2 aromatic rings. The smallest absolute Gasteiger partial charge is 0.260 e. The van der Waals surface area contributed by atoms with E-state index in [0.29, 0.717) is 16.8 Å². The number of hydrogen-bond acceptors (Lipinski definition) is 6. The second-order valence-electron chi connectivity index (χ2n) is 4.09. The van der Waals surface area contributed by atoms with Crippen LogP contribution >= 0.6 is 23.1 Å². The highest BCUT2D eigenvalue weighted by Gasteiger charge is 2.24. The molecule has 9 heteroatoms. The van der Waals surface area contributed by atoms with Gasteiger partial charge in [0, 0.05) is 23.4 Å². The maximum Gasteiger partial charge on any atom is 0.260 e. The van der Waals surface area contributed by atoms with E-state index in [1.54, 1.807) is 23.3 Å². The van der Waals surface area contributed by atoms with Gasteiger partial charge in [-0.3, -0.25) is 4.40 Å². The Bertz CT molecular complexity index is 661. The Kier molecular flexibility index (Phi) is 4.39. The molecule has 0 spiro atoms. The van der Waals surface area contributed by atoms with E-state index in [2.05, 4.69) is 16.6 Å². The van der Waals surface area contributed by atoms with E-state index in [1.165, 1.54) is 15.7 Å². The van der Waals surface area contributed by atoms with Gasteiger partial charge < -0.3 is 5.73 Å². The molecule has 0 fully saturated rings. The molecule has 0 saturated carbocycles. The monoisotopic (exact) mass is 320 g/mol. The highest BCUT2D eigenvalue weighted by Crippen LogP contribution is 2.23. The Balaban J connectivity index is 2.19. The molecule has 6 nitrogen and oxygen atoms in total. The summed E-state index contributed by atoms with van der Waals surface area (Å²) in [7, 11) is -3.63. The minimum atomic E-state index is -3.63. The summed E-state index contributed by atoms with van der Waals surface area (Å²) in [6.07, 6.45) is 4.43. The van der Waals surface area contributed by atoms with Crippen molar-refractivity contribution in [2.45, 2.75) is 23.6 Å². The first-order chi connectivity index (χ1) is 8.95. The van der Waals surface area contributed by atoms with E-state index in [0.717, 1.165) is 6.42 Å². The van der Waals surface area contributed by atoms with Crippen molar-refractivity contribution in [1.29, 1.82) is 0 Å². The highest BCUT2D eigenvalue weighted by atomic mass is 32.2. The topological polar surface area (TPSA) is 89.5 Å². The summed E-state index contributed by atoms with van der Waals surface area (Å²) in [5.74, 6) is 0.0391. The van der Waals surface area contributed by atoms with Gasteiger partial charge >= 0.3 is 0 Å². The summed E-state index contributed by atoms with van der Waals surface area (Å²) in [5, 5.41) is 2.21. The lowest BCUT2D eigenvalue weighted by Crippen LogP contribution is -2.27. The number of nitrogen functional groups attached to an aromatic ring is 1. The van der Waals surface area contributed by atoms with Crippen LogP contribution in [0.2, 0.25) is 0 Å². The number of nitrogens with zero attached hydrogens (tertiary/aromatic N) is 2. The van der Waals surface area contributed by atoms with Crippen LogP contribution in [0.5, 0.6) is 0 Å². The van der Waals surface area contributed by atoms with Crippen LogP contribution in [0.15, 0.2) is 16.6 Å². The minimum Gasteiger partial charge on any atom is -0.381 e. The number of fused-ring (bicyclic) bond motifs is 1. The summed E-state index contributed by atoms with van der Waals surface area (Å²) in [6.45, 7) is 2.45. The zero-order valence-electron chi connectivity index (χ0n) is 10.7. The third-order valence-electron chi connectivity index (χ3n) is 2.74. The van der Waals surface area contributed by atoms with Crippen LogP contribution in [-0.2, 0) is 10.0 Å². The maximum atomic E-state index is 12.2. The normalized spacial score (nSPS) is 14.0. The number of thioether (sulfide) groups is 1. The van der Waals surface area contributed by atoms with Crippen LogP contribution in [0.1, 0.15) is 13.3 Å². The van der Waals surface area contributed by atoms with Gasteiger partial charge in [-0.05, 0) is 12.7 Å². The lowest BCUT2D eigenvalue weighted by atomic mass is 10.3. The van der Waals surface area contributed by atoms with Crippen LogP contribution in [-0.4, -0.2) is 35.9 Å². The molecule has 2 rings (SSSR count). The fourth-order valence-electron chi connectivity index (χ4n) is 1.63. The van der Waals surface area contributed by atoms with Crippen LogP contribution in [0, 0.1) is 0 Å². The van der Waals surface area contributed by atoms with Crippen molar-refractivity contribution in [3.05, 3.63) is 11.6 Å². The molecule has 106 valence electrons. The van der Waals surface area contributed by atoms with Gasteiger partial charge in [-0.15, -0.1) is 11.3 Å². The zero-order chi connectivity index (χ0) is 14.0. The fraction of sp³-hybridized carbons (Fsp3) is 0.500. The lowest BCUT2D eigenvalue weighted by molar-refractivity contribution is 0.575. The van der Waals surface area contributed by atoms with Gasteiger partial charge in [0.05, 0.1) is 0 Å². The molecule has 0 aromatic carbocycles. The van der Waals surface area contributed by atoms with E-state index >= 15 is 0 Å². The number of sulfonamides is 1. The summed E-state index contributed by atoms with van der Waals surface area (Å²) in [6, 6.07) is 0. The Morgan fingerprint density at radius 3 is 3.05 bits per heavy atom. The number of nitrogens with two attached hydrogens (primary N) is 1. The number of anilines is 1. The van der Waals surface area contributed by atoms with Gasteiger partial charge in [-0.2, -0.15) is 11.8 Å². The van der Waals surface area contributed by atoms with E-state index in [4.69, 9.17) is 5.73 Å². The van der Waals surface area contributed by atoms with Crippen molar-refractivity contribution in [3.63, 3.8) is 0 Å². The molecule has 3 N–H and O–H groups in total. The number of nitrogens with one attached hydrogen (secondary N) is 1. The molecule has 0 aliphatic carbocycles. The summed E-state index contributed by atoms with van der Waals surface area (Å²) < 4.78 is 28.6. The van der Waals surface area contributed by atoms with Crippen molar-refractivity contribution >= 4 is 43.9 Å². The minimum absolute atomic E-state index is 0.0283. The van der Waals surface area contributed by atoms with Gasteiger partial charge in [0.1, 0.15) is 0 Å². The molecule has 1 atom stereocenters. The van der Waals surface area contributed by atoms with Crippen LogP contribution < -0.4 is 10.5 Å². The number of thiazole rings is 1. The Morgan fingerprint density at radius 1 is 1.63 bits per heavy atom. The van der Waals surface area contributed by atoms with Crippen LogP contribution in [0.25, 0.3) is 4.96 Å². The van der Waals surface area contributed by atoms with E-state index < -0.39 is 10.0 Å². The molecule has 19 heavy (non-hydrogen) atoms. The largest absolute Gasteiger partial charge is 0.381 e. The van der Waals surface area contributed by atoms with Gasteiger partial charge in [0.25, 0.3) is 10.0 Å².